The van der Waals surface area contributed by atoms with E-state index in [9.17, 15) is 15.2 Å². The number of halogens is 1. The van der Waals surface area contributed by atoms with Crippen molar-refractivity contribution < 1.29 is 14.6 Å². The Balaban J connectivity index is 1.17. The zero-order chi connectivity index (χ0) is 31.1. The third-order valence-corrected chi connectivity index (χ3v) is 10.6. The van der Waals surface area contributed by atoms with Crippen LogP contribution in [0.5, 0.6) is 5.75 Å². The second kappa shape index (κ2) is 12.2. The van der Waals surface area contributed by atoms with Crippen LogP contribution in [0.2, 0.25) is 5.02 Å². The van der Waals surface area contributed by atoms with Crippen LogP contribution < -0.4 is 15.0 Å². The average molecular weight is 609 g/mol. The summed E-state index contributed by atoms with van der Waals surface area (Å²) in [6, 6.07) is 5.43. The summed E-state index contributed by atoms with van der Waals surface area (Å²) in [6.45, 7) is 17.4. The van der Waals surface area contributed by atoms with E-state index in [1.165, 1.54) is 0 Å². The number of likely N-dealkylation sites (tertiary alicyclic amines) is 1. The number of carbonyl (C=O) groups excluding carboxylic acids is 1. The topological polar surface area (TPSA) is 115 Å². The predicted octanol–water partition coefficient (Wildman–Crippen LogP) is 4.84. The molecule has 0 spiro atoms. The maximum atomic E-state index is 13.3. The molecule has 9 nitrogen and oxygen atoms in total. The van der Waals surface area contributed by atoms with E-state index in [0.29, 0.717) is 39.7 Å². The zero-order valence-electron chi connectivity index (χ0n) is 26.2. The van der Waals surface area contributed by atoms with Gasteiger partial charge in [0, 0.05) is 67.6 Å². The highest BCUT2D eigenvalue weighted by atomic mass is 35.5. The number of hydrogen-bond donors (Lipinski definition) is 2. The molecule has 3 aliphatic rings. The Bertz CT molecular complexity index is 1350. The minimum atomic E-state index is -0.360. The summed E-state index contributed by atoms with van der Waals surface area (Å²) < 4.78 is 6.47. The number of amides is 1. The van der Waals surface area contributed by atoms with Crippen LogP contribution in [-0.4, -0.2) is 76.9 Å². The number of nitriles is 1. The van der Waals surface area contributed by atoms with Crippen LogP contribution in [0, 0.1) is 40.9 Å². The lowest BCUT2D eigenvalue weighted by Crippen LogP contribution is -2.74. The van der Waals surface area contributed by atoms with Gasteiger partial charge in [-0.2, -0.15) is 5.26 Å². The van der Waals surface area contributed by atoms with Crippen LogP contribution in [-0.2, 0) is 0 Å². The summed E-state index contributed by atoms with van der Waals surface area (Å²) in [5.74, 6) is 2.24. The van der Waals surface area contributed by atoms with Crippen molar-refractivity contribution in [2.24, 2.45) is 22.7 Å². The minimum Gasteiger partial charge on any atom is -0.489 e. The number of piperidine rings is 2. The van der Waals surface area contributed by atoms with Crippen molar-refractivity contribution in [2.45, 2.75) is 79.1 Å². The molecule has 1 amide bonds. The van der Waals surface area contributed by atoms with Gasteiger partial charge in [-0.25, -0.2) is 9.97 Å². The first-order valence-corrected chi connectivity index (χ1v) is 15.8. The Hall–Kier alpha value is -2.93. The molecule has 2 aromatic rings. The molecule has 232 valence electrons. The van der Waals surface area contributed by atoms with Crippen LogP contribution in [0.15, 0.2) is 24.5 Å². The van der Waals surface area contributed by atoms with Crippen molar-refractivity contribution >= 4 is 23.5 Å². The molecule has 2 N–H and O–H groups in total. The molecular formula is C33H45ClN6O3. The smallest absolute Gasteiger partial charge is 0.254 e. The lowest BCUT2D eigenvalue weighted by Gasteiger charge is -2.63. The second-order valence-corrected chi connectivity index (χ2v) is 14.4. The van der Waals surface area contributed by atoms with Crippen molar-refractivity contribution in [3.05, 3.63) is 46.2 Å². The van der Waals surface area contributed by atoms with E-state index in [0.717, 1.165) is 57.5 Å². The Morgan fingerprint density at radius 2 is 1.79 bits per heavy atom. The molecule has 3 heterocycles. The van der Waals surface area contributed by atoms with Gasteiger partial charge in [-0.15, -0.1) is 0 Å². The van der Waals surface area contributed by atoms with Gasteiger partial charge in [0.25, 0.3) is 5.91 Å². The summed E-state index contributed by atoms with van der Waals surface area (Å²) in [7, 11) is 0. The summed E-state index contributed by atoms with van der Waals surface area (Å²) in [4.78, 5) is 27.2. The molecule has 1 aromatic heterocycles. The van der Waals surface area contributed by atoms with Gasteiger partial charge >= 0.3 is 0 Å². The van der Waals surface area contributed by atoms with Gasteiger partial charge in [0.1, 0.15) is 17.9 Å². The fourth-order valence-electron chi connectivity index (χ4n) is 7.71. The second-order valence-electron chi connectivity index (χ2n) is 14.0. The van der Waals surface area contributed by atoms with Gasteiger partial charge in [0.05, 0.1) is 22.3 Å². The fourth-order valence-corrected chi connectivity index (χ4v) is 7.90. The monoisotopic (exact) mass is 608 g/mol. The van der Waals surface area contributed by atoms with Crippen molar-refractivity contribution in [1.82, 2.24) is 20.2 Å². The van der Waals surface area contributed by atoms with Crippen molar-refractivity contribution in [3.8, 4) is 11.8 Å². The summed E-state index contributed by atoms with van der Waals surface area (Å²) in [5, 5.41) is 22.7. The molecule has 1 aromatic carbocycles. The van der Waals surface area contributed by atoms with Crippen LogP contribution in [0.3, 0.4) is 0 Å². The number of carbonyl (C=O) groups is 1. The lowest BCUT2D eigenvalue weighted by atomic mass is 9.49. The van der Waals surface area contributed by atoms with E-state index in [2.05, 4.69) is 65.8 Å². The largest absolute Gasteiger partial charge is 0.489 e. The van der Waals surface area contributed by atoms with Crippen LogP contribution in [0.4, 0.5) is 5.95 Å². The van der Waals surface area contributed by atoms with Crippen molar-refractivity contribution in [3.63, 3.8) is 0 Å². The molecular weight excluding hydrogens is 564 g/mol. The third-order valence-electron chi connectivity index (χ3n) is 10.1. The van der Waals surface area contributed by atoms with E-state index in [4.69, 9.17) is 16.3 Å². The number of hydrogen-bond acceptors (Lipinski definition) is 8. The first kappa shape index (κ1) is 31.5. The lowest BCUT2D eigenvalue weighted by molar-refractivity contribution is -0.164. The Morgan fingerprint density at radius 3 is 2.40 bits per heavy atom. The number of nitrogens with one attached hydrogen (secondary N) is 1. The third kappa shape index (κ3) is 6.20. The fraction of sp³-hybridized carbons (Fsp3) is 0.636. The van der Waals surface area contributed by atoms with E-state index in [-0.39, 0.29) is 35.0 Å². The number of aliphatic hydroxyl groups is 1. The molecule has 2 aliphatic heterocycles. The van der Waals surface area contributed by atoms with Gasteiger partial charge in [-0.05, 0) is 50.2 Å². The number of aliphatic hydroxyl groups excluding tert-OH is 1. The van der Waals surface area contributed by atoms with E-state index >= 15 is 0 Å². The quantitative estimate of drug-likeness (QED) is 0.459. The van der Waals surface area contributed by atoms with E-state index in [1.807, 2.05) is 6.92 Å². The van der Waals surface area contributed by atoms with Crippen LogP contribution in [0.1, 0.15) is 75.4 Å². The van der Waals surface area contributed by atoms with Crippen molar-refractivity contribution in [2.75, 3.05) is 37.6 Å². The number of nitrogens with zero attached hydrogens (tertiary/aromatic N) is 5. The van der Waals surface area contributed by atoms with Gasteiger partial charge in [0.15, 0.2) is 0 Å². The van der Waals surface area contributed by atoms with Gasteiger partial charge in [-0.3, -0.25) is 4.79 Å². The molecule has 5 rings (SSSR count). The first-order chi connectivity index (χ1) is 20.3. The maximum absolute atomic E-state index is 13.3. The standard InChI is InChI=1S/C33H45ClN6O3/c1-20-18-40(14-9-23(20)19-39-12-10-25(41)11-13-39)31-36-16-24(17-37-31)28(42)38-29-32(3,4)30(33(29,5)6)43-26-8-7-22(15-35)27(34)21(26)2/h7-8,16-17,20,23,25,29-30,41H,9-14,18-19H2,1-6H3,(H,38,42)/t20-,23+,29?,30?/m0/s1. The Kier molecular flexibility index (Phi) is 8.95. The number of rotatable bonds is 7. The molecule has 43 heavy (non-hydrogen) atoms. The van der Waals surface area contributed by atoms with Crippen molar-refractivity contribution in [1.29, 1.82) is 5.26 Å². The molecule has 3 fully saturated rings. The highest BCUT2D eigenvalue weighted by Crippen LogP contribution is 2.56. The molecule has 10 heteroatoms. The molecule has 0 bridgehead atoms. The normalized spacial score (nSPS) is 27.2. The molecule has 1 saturated carbocycles. The highest BCUT2D eigenvalue weighted by Gasteiger charge is 2.64. The predicted molar refractivity (Wildman–Crippen MR) is 167 cm³/mol. The summed E-state index contributed by atoms with van der Waals surface area (Å²) >= 11 is 6.38. The number of ether oxygens (including phenoxy) is 1. The number of anilines is 1. The van der Waals surface area contributed by atoms with Crippen LogP contribution >= 0.6 is 11.6 Å². The Labute approximate surface area is 260 Å². The first-order valence-electron chi connectivity index (χ1n) is 15.5. The van der Waals surface area contributed by atoms with E-state index in [1.54, 1.807) is 24.5 Å². The highest BCUT2D eigenvalue weighted by molar-refractivity contribution is 6.32. The number of aromatic nitrogens is 2. The van der Waals surface area contributed by atoms with Gasteiger partial charge < -0.3 is 25.0 Å². The van der Waals surface area contributed by atoms with Gasteiger partial charge in [0.2, 0.25) is 5.95 Å². The Morgan fingerprint density at radius 1 is 1.14 bits per heavy atom. The summed E-state index contributed by atoms with van der Waals surface area (Å²) in [6.07, 6.45) is 5.76. The average Bonchev–Trinajstić information content (AvgIpc) is 2.98. The molecule has 2 atom stereocenters. The van der Waals surface area contributed by atoms with Gasteiger partial charge in [-0.1, -0.05) is 46.2 Å². The maximum Gasteiger partial charge on any atom is 0.254 e. The zero-order valence-corrected chi connectivity index (χ0v) is 27.0. The number of benzene rings is 1. The molecule has 1 aliphatic carbocycles. The molecule has 0 unspecified atom stereocenters. The molecule has 2 saturated heterocycles. The van der Waals surface area contributed by atoms with Crippen LogP contribution in [0.25, 0.3) is 0 Å². The van der Waals surface area contributed by atoms with E-state index < -0.39 is 0 Å². The minimum absolute atomic E-state index is 0.139. The molecule has 0 radical (unpaired) electrons. The SMILES string of the molecule is Cc1c(OC2C(C)(C)C(NC(=O)c3cnc(N4CC[C@H](CN5CCC(O)CC5)[C@@H](C)C4)nc3)C2(C)C)ccc(C#N)c1Cl. The summed E-state index contributed by atoms with van der Waals surface area (Å²) in [5.41, 5.74) is 0.872.